The van der Waals surface area contributed by atoms with E-state index < -0.39 is 5.92 Å². The predicted octanol–water partition coefficient (Wildman–Crippen LogP) is 4.61. The van der Waals surface area contributed by atoms with E-state index in [9.17, 15) is 14.9 Å². The number of thioether (sulfide) groups is 1. The molecule has 3 aliphatic rings. The van der Waals surface area contributed by atoms with Crippen molar-refractivity contribution in [1.82, 2.24) is 10.2 Å². The number of benzene rings is 2. The molecule has 0 spiro atoms. The second-order valence-electron chi connectivity index (χ2n) is 9.48. The molecule has 3 aromatic rings. The number of nitrogens with one attached hydrogen (secondary N) is 1. The highest BCUT2D eigenvalue weighted by molar-refractivity contribution is 8.01. The van der Waals surface area contributed by atoms with Gasteiger partial charge in [0.1, 0.15) is 5.82 Å². The van der Waals surface area contributed by atoms with Gasteiger partial charge in [-0.3, -0.25) is 14.5 Å². The molecule has 10 nitrogen and oxygen atoms in total. The molecule has 3 N–H and O–H groups in total. The van der Waals surface area contributed by atoms with Gasteiger partial charge >= 0.3 is 0 Å². The zero-order valence-corrected chi connectivity index (χ0v) is 23.1. The van der Waals surface area contributed by atoms with Gasteiger partial charge in [0.25, 0.3) is 0 Å². The minimum atomic E-state index is -0.522. The van der Waals surface area contributed by atoms with Crippen molar-refractivity contribution in [3.8, 4) is 17.6 Å². The van der Waals surface area contributed by atoms with Gasteiger partial charge in [-0.05, 0) is 37.5 Å². The summed E-state index contributed by atoms with van der Waals surface area (Å²) in [6.07, 6.45) is 1.73. The van der Waals surface area contributed by atoms with Crippen LogP contribution in [0.4, 0.5) is 10.8 Å². The topological polar surface area (TPSA) is 143 Å². The molecule has 1 aromatic heterocycles. The maximum atomic E-state index is 13.3. The molecule has 12 heteroatoms. The molecule has 1 atom stereocenters. The molecule has 2 aromatic carbocycles. The van der Waals surface area contributed by atoms with Crippen LogP contribution in [0.1, 0.15) is 36.3 Å². The summed E-state index contributed by atoms with van der Waals surface area (Å²) in [5, 5.41) is 22.0. The highest BCUT2D eigenvalue weighted by Crippen LogP contribution is 2.47. The van der Waals surface area contributed by atoms with Crippen molar-refractivity contribution in [3.05, 3.63) is 76.3 Å². The number of allylic oxidation sites excluding steroid dienone is 3. The molecule has 6 rings (SSSR count). The van der Waals surface area contributed by atoms with E-state index in [1.54, 1.807) is 23.1 Å². The molecule has 0 saturated carbocycles. The van der Waals surface area contributed by atoms with E-state index in [0.717, 1.165) is 16.8 Å². The molecule has 1 amide bonds. The number of Topliss-reactive ketones (excluding diaryl/α,β-unsaturated/α-hetero) is 1. The number of ether oxygens (including phenoxy) is 2. The Hall–Kier alpha value is -4.34. The Labute approximate surface area is 238 Å². The first-order valence-corrected chi connectivity index (χ1v) is 14.4. The lowest BCUT2D eigenvalue weighted by Gasteiger charge is -2.38. The Kier molecular flexibility index (Phi) is 6.91. The number of rotatable bonds is 6. The molecule has 1 unspecified atom stereocenters. The number of carbonyl (C=O) groups excluding carboxylic acids is 2. The number of nitrogens with two attached hydrogens (primary N) is 1. The number of amides is 1. The number of anilines is 2. The minimum Gasteiger partial charge on any atom is -0.454 e. The lowest BCUT2D eigenvalue weighted by molar-refractivity contribution is -0.116. The fourth-order valence-electron chi connectivity index (χ4n) is 5.05. The average Bonchev–Trinajstić information content (AvgIpc) is 3.61. The standard InChI is InChI=1S/C28H24N6O4S2/c1-15-5-7-16(8-6-15)24-18(12-29)26(30)34(19-3-2-4-20(35)25(19)24)27-32-33-28(40-27)39-13-23(36)31-17-9-10-21-22(11-17)38-14-37-21/h5-11,24H,2-4,13-14,30H2,1H3,(H,31,36). The summed E-state index contributed by atoms with van der Waals surface area (Å²) < 4.78 is 11.2. The average molecular weight is 573 g/mol. The van der Waals surface area contributed by atoms with E-state index in [0.29, 0.717) is 57.1 Å². The molecule has 0 bridgehead atoms. The number of hydrogen-bond acceptors (Lipinski definition) is 11. The highest BCUT2D eigenvalue weighted by atomic mass is 32.2. The number of ketones is 1. The van der Waals surface area contributed by atoms with Crippen molar-refractivity contribution in [1.29, 1.82) is 5.26 Å². The van der Waals surface area contributed by atoms with Crippen molar-refractivity contribution < 1.29 is 19.1 Å². The van der Waals surface area contributed by atoms with Gasteiger partial charge in [0.05, 0.1) is 23.3 Å². The monoisotopic (exact) mass is 572 g/mol. The summed E-state index contributed by atoms with van der Waals surface area (Å²) in [7, 11) is 0. The highest BCUT2D eigenvalue weighted by Gasteiger charge is 2.41. The largest absolute Gasteiger partial charge is 0.454 e. The maximum Gasteiger partial charge on any atom is 0.234 e. The zero-order valence-electron chi connectivity index (χ0n) is 21.5. The summed E-state index contributed by atoms with van der Waals surface area (Å²) in [5.41, 5.74) is 10.8. The molecule has 3 heterocycles. The lowest BCUT2D eigenvalue weighted by Crippen LogP contribution is -2.38. The number of hydrogen-bond donors (Lipinski definition) is 2. The molecule has 0 fully saturated rings. The van der Waals surface area contributed by atoms with Crippen LogP contribution in [0.2, 0.25) is 0 Å². The third-order valence-corrected chi connectivity index (χ3v) is 8.94. The van der Waals surface area contributed by atoms with Crippen molar-refractivity contribution in [2.75, 3.05) is 22.8 Å². The maximum absolute atomic E-state index is 13.3. The second kappa shape index (κ2) is 10.7. The van der Waals surface area contributed by atoms with Crippen molar-refractivity contribution in [2.45, 2.75) is 36.4 Å². The van der Waals surface area contributed by atoms with E-state index in [1.165, 1.54) is 23.1 Å². The molecule has 2 aliphatic heterocycles. The van der Waals surface area contributed by atoms with E-state index in [1.807, 2.05) is 31.2 Å². The van der Waals surface area contributed by atoms with E-state index >= 15 is 0 Å². The van der Waals surface area contributed by atoms with Gasteiger partial charge in [-0.15, -0.1) is 10.2 Å². The van der Waals surface area contributed by atoms with Crippen LogP contribution in [0.15, 0.2) is 69.5 Å². The Morgan fingerprint density at radius 3 is 2.80 bits per heavy atom. The summed E-state index contributed by atoms with van der Waals surface area (Å²) in [6.45, 7) is 2.15. The number of nitriles is 1. The van der Waals surface area contributed by atoms with Gasteiger partial charge in [-0.1, -0.05) is 52.9 Å². The van der Waals surface area contributed by atoms with Gasteiger partial charge in [-0.25, -0.2) is 0 Å². The van der Waals surface area contributed by atoms with Crippen molar-refractivity contribution in [3.63, 3.8) is 0 Å². The van der Waals surface area contributed by atoms with Crippen LogP contribution in [0.3, 0.4) is 0 Å². The van der Waals surface area contributed by atoms with Gasteiger partial charge in [0, 0.05) is 29.4 Å². The summed E-state index contributed by atoms with van der Waals surface area (Å²) >= 11 is 2.50. The van der Waals surface area contributed by atoms with Crippen LogP contribution < -0.4 is 25.4 Å². The zero-order chi connectivity index (χ0) is 27.8. The van der Waals surface area contributed by atoms with E-state index in [-0.39, 0.29) is 30.1 Å². The van der Waals surface area contributed by atoms with Gasteiger partial charge in [0.15, 0.2) is 21.6 Å². The van der Waals surface area contributed by atoms with Crippen LogP contribution in [-0.4, -0.2) is 34.4 Å². The third kappa shape index (κ3) is 4.78. The molecule has 40 heavy (non-hydrogen) atoms. The van der Waals surface area contributed by atoms with Crippen LogP contribution in [-0.2, 0) is 9.59 Å². The number of aryl methyl sites for hydroxylation is 1. The Morgan fingerprint density at radius 2 is 2.00 bits per heavy atom. The minimum absolute atomic E-state index is 0.0105. The first-order chi connectivity index (χ1) is 19.4. The quantitative estimate of drug-likeness (QED) is 0.402. The predicted molar refractivity (Wildman–Crippen MR) is 151 cm³/mol. The van der Waals surface area contributed by atoms with Gasteiger partial charge < -0.3 is 20.5 Å². The molecule has 0 saturated heterocycles. The second-order valence-corrected chi connectivity index (χ2v) is 11.7. The molecule has 202 valence electrons. The normalized spacial score (nSPS) is 18.1. The van der Waals surface area contributed by atoms with Crippen molar-refractivity contribution in [2.24, 2.45) is 5.73 Å². The Balaban J connectivity index is 1.23. The Morgan fingerprint density at radius 1 is 1.20 bits per heavy atom. The van der Waals surface area contributed by atoms with Gasteiger partial charge in [0.2, 0.25) is 17.8 Å². The van der Waals surface area contributed by atoms with Crippen LogP contribution in [0, 0.1) is 18.3 Å². The van der Waals surface area contributed by atoms with Crippen LogP contribution in [0.25, 0.3) is 0 Å². The number of carbonyl (C=O) groups is 2. The first-order valence-electron chi connectivity index (χ1n) is 12.6. The fraction of sp³-hybridized carbons (Fsp3) is 0.250. The smallest absolute Gasteiger partial charge is 0.234 e. The lowest BCUT2D eigenvalue weighted by atomic mass is 9.75. The molecule has 1 aliphatic carbocycles. The van der Waals surface area contributed by atoms with Gasteiger partial charge in [-0.2, -0.15) is 5.26 Å². The Bertz CT molecular complexity index is 1620. The van der Waals surface area contributed by atoms with Crippen LogP contribution in [0.5, 0.6) is 11.5 Å². The first kappa shape index (κ1) is 25.9. The summed E-state index contributed by atoms with van der Waals surface area (Å²) in [5.74, 6) is 0.857. The van der Waals surface area contributed by atoms with Crippen LogP contribution >= 0.6 is 23.1 Å². The number of fused-ring (bicyclic) bond motifs is 1. The number of aromatic nitrogens is 2. The molecular weight excluding hydrogens is 548 g/mol. The fourth-order valence-corrected chi connectivity index (χ4v) is 6.73. The van der Waals surface area contributed by atoms with E-state index in [2.05, 4.69) is 21.6 Å². The van der Waals surface area contributed by atoms with Crippen molar-refractivity contribution >= 4 is 45.6 Å². The molecular formula is C28H24N6O4S2. The summed E-state index contributed by atoms with van der Waals surface area (Å²) in [6, 6.07) is 15.3. The SMILES string of the molecule is Cc1ccc(C2C(C#N)=C(N)N(c3nnc(SCC(=O)Nc4ccc5c(c4)OCO5)s3)C3=C2C(=O)CCC3)cc1. The number of nitrogens with zero attached hydrogens (tertiary/aromatic N) is 4. The molecule has 0 radical (unpaired) electrons. The van der Waals surface area contributed by atoms with E-state index in [4.69, 9.17) is 15.2 Å². The summed E-state index contributed by atoms with van der Waals surface area (Å²) in [4.78, 5) is 27.5. The third-order valence-electron chi connectivity index (χ3n) is 6.89.